The summed E-state index contributed by atoms with van der Waals surface area (Å²) in [6.07, 6.45) is 1.24. The fraction of sp³-hybridized carbons (Fsp3) is 0.400. The minimum atomic E-state index is -0.463. The molecule has 8 heteroatoms. The van der Waals surface area contributed by atoms with E-state index in [2.05, 4.69) is 35.4 Å². The number of hydrogen-bond donors (Lipinski definition) is 1. The maximum absolute atomic E-state index is 13.0. The maximum Gasteiger partial charge on any atom is 0.181 e. The lowest BCUT2D eigenvalue weighted by molar-refractivity contribution is -0.118. The number of nitrogens with one attached hydrogen (secondary N) is 1. The number of aromatic nitrogens is 2. The fourth-order valence-corrected chi connectivity index (χ4v) is 5.54. The molecule has 3 heterocycles. The van der Waals surface area contributed by atoms with E-state index in [9.17, 15) is 10.1 Å². The Morgan fingerprint density at radius 2 is 2.11 bits per heavy atom. The van der Waals surface area contributed by atoms with Gasteiger partial charge < -0.3 is 9.73 Å². The molecule has 2 aromatic heterocycles. The van der Waals surface area contributed by atoms with Gasteiger partial charge in [-0.05, 0) is 49.6 Å². The molecular formula is C20H20N4O2S2. The van der Waals surface area contributed by atoms with Crippen LogP contribution in [0.2, 0.25) is 0 Å². The molecule has 2 aliphatic rings. The molecule has 2 aromatic rings. The average Bonchev–Trinajstić information content (AvgIpc) is 3.21. The summed E-state index contributed by atoms with van der Waals surface area (Å²) in [5, 5.41) is 22.8. The number of furan rings is 1. The number of rotatable bonds is 3. The van der Waals surface area contributed by atoms with Gasteiger partial charge in [-0.3, -0.25) is 4.79 Å². The Balaban J connectivity index is 1.73. The number of nitrogens with zero attached hydrogens (tertiary/aromatic N) is 3. The summed E-state index contributed by atoms with van der Waals surface area (Å²) in [6.45, 7) is 7.97. The minimum Gasteiger partial charge on any atom is -0.453 e. The Morgan fingerprint density at radius 3 is 2.79 bits per heavy atom. The molecule has 1 N–H and O–H groups in total. The topological polar surface area (TPSA) is 91.8 Å². The Kier molecular flexibility index (Phi) is 4.68. The van der Waals surface area contributed by atoms with Crippen molar-refractivity contribution in [1.82, 2.24) is 15.5 Å². The molecule has 1 aliphatic carbocycles. The van der Waals surface area contributed by atoms with Crippen LogP contribution < -0.4 is 5.32 Å². The normalized spacial score (nSPS) is 21.4. The Hall–Kier alpha value is -2.37. The predicted octanol–water partition coefficient (Wildman–Crippen LogP) is 4.72. The second kappa shape index (κ2) is 6.90. The fourth-order valence-electron chi connectivity index (χ4n) is 3.82. The second-order valence-corrected chi connectivity index (χ2v) is 10.3. The lowest BCUT2D eigenvalue weighted by Gasteiger charge is -2.38. The highest BCUT2D eigenvalue weighted by Gasteiger charge is 2.42. The van der Waals surface area contributed by atoms with Crippen LogP contribution in [-0.2, 0) is 4.79 Å². The number of nitriles is 1. The minimum absolute atomic E-state index is 0.0781. The van der Waals surface area contributed by atoms with Gasteiger partial charge in [0.25, 0.3) is 0 Å². The molecule has 0 saturated carbocycles. The second-order valence-electron chi connectivity index (χ2n) is 7.89. The van der Waals surface area contributed by atoms with E-state index in [0.29, 0.717) is 28.4 Å². The predicted molar refractivity (Wildman–Crippen MR) is 107 cm³/mol. The quantitative estimate of drug-likeness (QED) is 0.780. The number of carbonyl (C=O) groups excluding carboxylic acids is 1. The van der Waals surface area contributed by atoms with Gasteiger partial charge in [-0.25, -0.2) is 0 Å². The Labute approximate surface area is 171 Å². The van der Waals surface area contributed by atoms with Crippen LogP contribution in [0.4, 0.5) is 0 Å². The van der Waals surface area contributed by atoms with E-state index in [4.69, 9.17) is 4.42 Å². The van der Waals surface area contributed by atoms with Crippen molar-refractivity contribution in [2.45, 2.75) is 55.9 Å². The number of ketones is 1. The lowest BCUT2D eigenvalue weighted by atomic mass is 9.70. The van der Waals surface area contributed by atoms with E-state index in [1.165, 1.54) is 23.1 Å². The summed E-state index contributed by atoms with van der Waals surface area (Å²) in [7, 11) is 0. The summed E-state index contributed by atoms with van der Waals surface area (Å²) in [6, 6.07) is 6.00. The summed E-state index contributed by atoms with van der Waals surface area (Å²) in [4.78, 5) is 13.0. The van der Waals surface area contributed by atoms with Crippen molar-refractivity contribution in [1.29, 1.82) is 5.26 Å². The Bertz CT molecular complexity index is 1070. The molecule has 6 nitrogen and oxygen atoms in total. The van der Waals surface area contributed by atoms with Crippen molar-refractivity contribution in [2.24, 2.45) is 5.41 Å². The van der Waals surface area contributed by atoms with Gasteiger partial charge in [0.1, 0.15) is 10.8 Å². The maximum atomic E-state index is 13.0. The highest BCUT2D eigenvalue weighted by Crippen LogP contribution is 2.47. The number of dihydropyridines is 1. The molecule has 0 spiro atoms. The van der Waals surface area contributed by atoms with Crippen LogP contribution >= 0.6 is 23.1 Å². The molecule has 0 aromatic carbocycles. The first-order chi connectivity index (χ1) is 13.3. The Morgan fingerprint density at radius 1 is 1.32 bits per heavy atom. The average molecular weight is 413 g/mol. The molecular weight excluding hydrogens is 392 g/mol. The van der Waals surface area contributed by atoms with Crippen LogP contribution in [0.25, 0.3) is 0 Å². The van der Waals surface area contributed by atoms with Gasteiger partial charge in [-0.1, -0.05) is 25.2 Å². The number of Topliss-reactive ketones (excluding diaryl/α,β-unsaturated/α-hetero) is 1. The SMILES string of the molecule is CC1=C(C#N)C(c2ccc(Sc3nnc(C)s3)o2)C2=C(CC(C)(C)CC2=O)N1. The van der Waals surface area contributed by atoms with Crippen LogP contribution in [0.15, 0.2) is 48.5 Å². The van der Waals surface area contributed by atoms with E-state index in [-0.39, 0.29) is 11.2 Å². The zero-order valence-electron chi connectivity index (χ0n) is 16.1. The molecule has 0 saturated heterocycles. The molecule has 144 valence electrons. The van der Waals surface area contributed by atoms with Crippen molar-refractivity contribution in [3.8, 4) is 6.07 Å². The van der Waals surface area contributed by atoms with Crippen LogP contribution in [0, 0.1) is 23.7 Å². The lowest BCUT2D eigenvalue weighted by Crippen LogP contribution is -2.36. The zero-order chi connectivity index (χ0) is 20.1. The van der Waals surface area contributed by atoms with Crippen molar-refractivity contribution >= 4 is 28.9 Å². The van der Waals surface area contributed by atoms with Crippen molar-refractivity contribution in [2.75, 3.05) is 0 Å². The highest BCUT2D eigenvalue weighted by molar-refractivity contribution is 8.00. The number of hydrogen-bond acceptors (Lipinski definition) is 8. The molecule has 0 amide bonds. The number of aryl methyl sites for hydroxylation is 1. The molecule has 28 heavy (non-hydrogen) atoms. The standard InChI is InChI=1S/C20H20N4O2S2/c1-10-12(9-21)17(18-13(22-10)7-20(3,4)8-14(18)25)15-5-6-16(26-15)28-19-24-23-11(2)27-19/h5-6,17,22H,7-8H2,1-4H3. The summed E-state index contributed by atoms with van der Waals surface area (Å²) in [5.74, 6) is 0.228. The summed E-state index contributed by atoms with van der Waals surface area (Å²) >= 11 is 2.89. The molecule has 1 aliphatic heterocycles. The first-order valence-corrected chi connectivity index (χ1v) is 10.6. The first kappa shape index (κ1) is 19.0. The van der Waals surface area contributed by atoms with Crippen molar-refractivity contribution < 1.29 is 9.21 Å². The van der Waals surface area contributed by atoms with E-state index in [1.807, 2.05) is 26.0 Å². The van der Waals surface area contributed by atoms with Crippen LogP contribution in [0.1, 0.15) is 50.3 Å². The van der Waals surface area contributed by atoms with Crippen LogP contribution in [0.5, 0.6) is 0 Å². The van der Waals surface area contributed by atoms with Gasteiger partial charge in [0.05, 0.1) is 17.6 Å². The third kappa shape index (κ3) is 3.40. The zero-order valence-corrected chi connectivity index (χ0v) is 17.8. The van der Waals surface area contributed by atoms with Gasteiger partial charge in [0.2, 0.25) is 0 Å². The van der Waals surface area contributed by atoms with Crippen molar-refractivity contribution in [3.63, 3.8) is 0 Å². The first-order valence-electron chi connectivity index (χ1n) is 8.99. The number of allylic oxidation sites excluding steroid dienone is 4. The molecule has 1 unspecified atom stereocenters. The molecule has 1 atom stereocenters. The molecule has 0 fully saturated rings. The van der Waals surface area contributed by atoms with Gasteiger partial charge >= 0.3 is 0 Å². The van der Waals surface area contributed by atoms with Crippen molar-refractivity contribution in [3.05, 3.63) is 45.4 Å². The third-order valence-corrected chi connectivity index (χ3v) is 6.75. The van der Waals surface area contributed by atoms with Gasteiger partial charge in [-0.15, -0.1) is 10.2 Å². The number of carbonyl (C=O) groups is 1. The van der Waals surface area contributed by atoms with E-state index < -0.39 is 5.92 Å². The van der Waals surface area contributed by atoms with Gasteiger partial charge in [0, 0.05) is 23.4 Å². The van der Waals surface area contributed by atoms with Crippen LogP contribution in [-0.4, -0.2) is 16.0 Å². The largest absolute Gasteiger partial charge is 0.453 e. The monoisotopic (exact) mass is 412 g/mol. The van der Waals surface area contributed by atoms with Gasteiger partial charge in [0.15, 0.2) is 15.2 Å². The summed E-state index contributed by atoms with van der Waals surface area (Å²) < 4.78 is 6.87. The highest BCUT2D eigenvalue weighted by atomic mass is 32.2. The molecule has 0 bridgehead atoms. The molecule has 4 rings (SSSR count). The van der Waals surface area contributed by atoms with Crippen LogP contribution in [0.3, 0.4) is 0 Å². The smallest absolute Gasteiger partial charge is 0.181 e. The van der Waals surface area contributed by atoms with Gasteiger partial charge in [-0.2, -0.15) is 5.26 Å². The van der Waals surface area contributed by atoms with E-state index >= 15 is 0 Å². The van der Waals surface area contributed by atoms with E-state index in [1.54, 1.807) is 0 Å². The van der Waals surface area contributed by atoms with E-state index in [0.717, 1.165) is 27.2 Å². The third-order valence-electron chi connectivity index (χ3n) is 4.94. The summed E-state index contributed by atoms with van der Waals surface area (Å²) in [5.41, 5.74) is 2.79. The molecule has 0 radical (unpaired) electrons.